The number of fused-ring (bicyclic) bond motifs is 1. The Kier molecular flexibility index (Phi) is 6.12. The van der Waals surface area contributed by atoms with Gasteiger partial charge in [0.2, 0.25) is 11.8 Å². The lowest BCUT2D eigenvalue weighted by Crippen LogP contribution is -2.44. The molecule has 172 valence electrons. The molecule has 1 unspecified atom stereocenters. The van der Waals surface area contributed by atoms with E-state index in [1.165, 1.54) is 16.3 Å². The third-order valence-electron chi connectivity index (χ3n) is 6.68. The predicted molar refractivity (Wildman–Crippen MR) is 133 cm³/mol. The molecule has 3 N–H and O–H groups in total. The Bertz CT molecular complexity index is 1310. The van der Waals surface area contributed by atoms with Crippen LogP contribution in [-0.4, -0.2) is 27.6 Å². The summed E-state index contributed by atoms with van der Waals surface area (Å²) in [6, 6.07) is 24.6. The van der Waals surface area contributed by atoms with Crippen LogP contribution in [0.1, 0.15) is 36.8 Å². The molecule has 2 amide bonds. The molecule has 3 aromatic carbocycles. The van der Waals surface area contributed by atoms with Crippen LogP contribution in [0, 0.1) is 0 Å². The number of hydrogen-bond acceptors (Lipinski definition) is 3. The van der Waals surface area contributed by atoms with Gasteiger partial charge < -0.3 is 10.6 Å². The molecular formula is C28H28N4O2. The first-order valence-corrected chi connectivity index (χ1v) is 11.7. The van der Waals surface area contributed by atoms with E-state index < -0.39 is 0 Å². The number of carbonyl (C=O) groups is 2. The number of carbonyl (C=O) groups excluding carboxylic acids is 2. The van der Waals surface area contributed by atoms with Crippen molar-refractivity contribution in [3.8, 4) is 11.3 Å². The summed E-state index contributed by atoms with van der Waals surface area (Å²) in [6.07, 6.45) is 4.68. The normalized spacial score (nSPS) is 17.6. The molecule has 0 radical (unpaired) electrons. The molecule has 2 heterocycles. The average Bonchev–Trinajstić information content (AvgIpc) is 3.49. The molecule has 1 fully saturated rings. The van der Waals surface area contributed by atoms with Gasteiger partial charge in [0.1, 0.15) is 0 Å². The maximum Gasteiger partial charge on any atom is 0.220 e. The fraction of sp³-hybridized carbons (Fsp3) is 0.250. The van der Waals surface area contributed by atoms with Crippen molar-refractivity contribution in [1.82, 2.24) is 20.8 Å². The lowest BCUT2D eigenvalue weighted by atomic mass is 9.84. The number of nitrogens with zero attached hydrogens (tertiary/aromatic N) is 1. The van der Waals surface area contributed by atoms with Gasteiger partial charge >= 0.3 is 0 Å². The van der Waals surface area contributed by atoms with Crippen LogP contribution in [0.25, 0.3) is 22.0 Å². The zero-order valence-electron chi connectivity index (χ0n) is 19.0. The molecule has 0 bridgehead atoms. The van der Waals surface area contributed by atoms with E-state index in [1.807, 2.05) is 42.5 Å². The summed E-state index contributed by atoms with van der Waals surface area (Å²) >= 11 is 0. The number of H-pyrrole nitrogens is 1. The fourth-order valence-electron chi connectivity index (χ4n) is 4.86. The van der Waals surface area contributed by atoms with Crippen LogP contribution < -0.4 is 10.6 Å². The van der Waals surface area contributed by atoms with E-state index in [9.17, 15) is 9.59 Å². The molecule has 1 aliphatic rings. The minimum Gasteiger partial charge on any atom is -0.352 e. The summed E-state index contributed by atoms with van der Waals surface area (Å²) in [4.78, 5) is 24.9. The SMILES string of the molecule is O=C(CCC1(Cc2ccc3ccccc3c2)CCC(=O)N1)NCc1cn[nH]c1-c1ccccc1. The van der Waals surface area contributed by atoms with Crippen LogP contribution in [0.5, 0.6) is 0 Å². The summed E-state index contributed by atoms with van der Waals surface area (Å²) in [6.45, 7) is 0.406. The highest BCUT2D eigenvalue weighted by atomic mass is 16.2. The van der Waals surface area contributed by atoms with Crippen molar-refractivity contribution in [2.75, 3.05) is 0 Å². The van der Waals surface area contributed by atoms with Crippen LogP contribution >= 0.6 is 0 Å². The van der Waals surface area contributed by atoms with Crippen molar-refractivity contribution in [2.45, 2.75) is 44.2 Å². The molecule has 0 aliphatic carbocycles. The summed E-state index contributed by atoms with van der Waals surface area (Å²) in [5.74, 6) is 0.0337. The highest BCUT2D eigenvalue weighted by Crippen LogP contribution is 2.30. The number of benzene rings is 3. The first kappa shape index (κ1) is 21.9. The van der Waals surface area contributed by atoms with Crippen molar-refractivity contribution in [3.63, 3.8) is 0 Å². The van der Waals surface area contributed by atoms with Crippen LogP contribution in [-0.2, 0) is 22.6 Å². The lowest BCUT2D eigenvalue weighted by molar-refractivity contribution is -0.122. The standard InChI is InChI=1S/C28H28N4O2/c33-25(29-18-24-19-30-32-27(24)22-7-2-1-3-8-22)12-14-28(15-13-26(34)31-28)17-20-10-11-21-6-4-5-9-23(21)16-20/h1-11,16,19H,12-15,17-18H2,(H,29,33)(H,30,32)(H,31,34). The van der Waals surface area contributed by atoms with Gasteiger partial charge in [-0.05, 0) is 41.2 Å². The van der Waals surface area contributed by atoms with E-state index in [-0.39, 0.29) is 17.4 Å². The Morgan fingerprint density at radius 2 is 1.79 bits per heavy atom. The van der Waals surface area contributed by atoms with Crippen molar-refractivity contribution < 1.29 is 9.59 Å². The van der Waals surface area contributed by atoms with E-state index >= 15 is 0 Å². The van der Waals surface area contributed by atoms with Crippen molar-refractivity contribution in [1.29, 1.82) is 0 Å². The molecule has 34 heavy (non-hydrogen) atoms. The van der Waals surface area contributed by atoms with Gasteiger partial charge in [-0.3, -0.25) is 14.7 Å². The highest BCUT2D eigenvalue weighted by Gasteiger charge is 2.37. The summed E-state index contributed by atoms with van der Waals surface area (Å²) in [5.41, 5.74) is 3.68. The van der Waals surface area contributed by atoms with Gasteiger partial charge in [0.05, 0.1) is 11.9 Å². The van der Waals surface area contributed by atoms with Gasteiger partial charge in [-0.1, -0.05) is 72.8 Å². The van der Waals surface area contributed by atoms with E-state index in [1.54, 1.807) is 6.20 Å². The zero-order valence-corrected chi connectivity index (χ0v) is 19.0. The molecule has 0 spiro atoms. The summed E-state index contributed by atoms with van der Waals surface area (Å²) in [7, 11) is 0. The number of aromatic amines is 1. The monoisotopic (exact) mass is 452 g/mol. The van der Waals surface area contributed by atoms with Crippen LogP contribution in [0.3, 0.4) is 0 Å². The van der Waals surface area contributed by atoms with Crippen molar-refractivity contribution in [3.05, 3.63) is 90.1 Å². The maximum absolute atomic E-state index is 12.7. The lowest BCUT2D eigenvalue weighted by Gasteiger charge is -2.29. The van der Waals surface area contributed by atoms with Gasteiger partial charge in [-0.2, -0.15) is 5.10 Å². The third-order valence-corrected chi connectivity index (χ3v) is 6.68. The average molecular weight is 453 g/mol. The quantitative estimate of drug-likeness (QED) is 0.367. The van der Waals surface area contributed by atoms with Crippen molar-refractivity contribution >= 4 is 22.6 Å². The molecule has 1 aromatic heterocycles. The molecular weight excluding hydrogens is 424 g/mol. The molecule has 4 aromatic rings. The first-order chi connectivity index (χ1) is 16.6. The minimum absolute atomic E-state index is 0.0285. The molecule has 6 nitrogen and oxygen atoms in total. The Hall–Kier alpha value is -3.93. The smallest absolute Gasteiger partial charge is 0.220 e. The van der Waals surface area contributed by atoms with Crippen molar-refractivity contribution in [2.24, 2.45) is 0 Å². The van der Waals surface area contributed by atoms with E-state index in [0.29, 0.717) is 25.8 Å². The topological polar surface area (TPSA) is 86.9 Å². The van der Waals surface area contributed by atoms with Crippen LogP contribution in [0.15, 0.2) is 79.0 Å². The maximum atomic E-state index is 12.7. The molecule has 1 aliphatic heterocycles. The number of rotatable bonds is 8. The van der Waals surface area contributed by atoms with Gasteiger partial charge in [0, 0.05) is 30.5 Å². The minimum atomic E-state index is -0.387. The molecule has 5 rings (SSSR count). The largest absolute Gasteiger partial charge is 0.352 e. The number of nitrogens with one attached hydrogen (secondary N) is 3. The summed E-state index contributed by atoms with van der Waals surface area (Å²) < 4.78 is 0. The van der Waals surface area contributed by atoms with E-state index in [4.69, 9.17) is 0 Å². The van der Waals surface area contributed by atoms with Gasteiger partial charge in [0.25, 0.3) is 0 Å². The molecule has 0 saturated carbocycles. The van der Waals surface area contributed by atoms with Gasteiger partial charge in [-0.25, -0.2) is 0 Å². The number of aromatic nitrogens is 2. The number of amides is 2. The second kappa shape index (κ2) is 9.51. The first-order valence-electron chi connectivity index (χ1n) is 11.7. The van der Waals surface area contributed by atoms with Crippen LogP contribution in [0.2, 0.25) is 0 Å². The molecule has 6 heteroatoms. The fourth-order valence-corrected chi connectivity index (χ4v) is 4.86. The van der Waals surface area contributed by atoms with E-state index in [2.05, 4.69) is 51.2 Å². The summed E-state index contributed by atoms with van der Waals surface area (Å²) in [5, 5.41) is 15.8. The molecule has 1 saturated heterocycles. The second-order valence-electron chi connectivity index (χ2n) is 9.10. The van der Waals surface area contributed by atoms with E-state index in [0.717, 1.165) is 29.7 Å². The predicted octanol–water partition coefficient (Wildman–Crippen LogP) is 4.52. The third kappa shape index (κ3) is 4.86. The van der Waals surface area contributed by atoms with Gasteiger partial charge in [-0.15, -0.1) is 0 Å². The second-order valence-corrected chi connectivity index (χ2v) is 9.10. The zero-order chi connectivity index (χ0) is 23.4. The number of hydrogen-bond donors (Lipinski definition) is 3. The Balaban J connectivity index is 1.22. The molecule has 1 atom stereocenters. The Morgan fingerprint density at radius 3 is 2.59 bits per heavy atom. The highest BCUT2D eigenvalue weighted by molar-refractivity contribution is 5.83. The van der Waals surface area contributed by atoms with Crippen LogP contribution in [0.4, 0.5) is 0 Å². The van der Waals surface area contributed by atoms with Gasteiger partial charge in [0.15, 0.2) is 0 Å². The Morgan fingerprint density at radius 1 is 1.00 bits per heavy atom. The Labute approximate surface area is 198 Å².